The quantitative estimate of drug-likeness (QED) is 0.594. The summed E-state index contributed by atoms with van der Waals surface area (Å²) < 4.78 is 24.7. The van der Waals surface area contributed by atoms with Gasteiger partial charge in [-0.15, -0.1) is 0 Å². The van der Waals surface area contributed by atoms with Gasteiger partial charge in [-0.1, -0.05) is 0 Å². The van der Waals surface area contributed by atoms with Crippen molar-refractivity contribution in [3.63, 3.8) is 0 Å². The summed E-state index contributed by atoms with van der Waals surface area (Å²) in [6.07, 6.45) is -4.25. The van der Waals surface area contributed by atoms with Gasteiger partial charge in [0.1, 0.15) is 12.7 Å². The molecule has 1 aliphatic heterocycles. The van der Waals surface area contributed by atoms with Crippen molar-refractivity contribution in [1.82, 2.24) is 9.55 Å². The standard InChI is InChI=1S/C10H13FN2O6/c1-18-10(4-14)7(16)6(11)8(19-10)13-3-2-5(15)12-9(13)17/h2-3,6-8,14,16H,4H2,1H3,(H,12,15,17)/t6?,7-,8+,10+/m0/s1. The van der Waals surface area contributed by atoms with E-state index in [4.69, 9.17) is 14.6 Å². The van der Waals surface area contributed by atoms with Gasteiger partial charge >= 0.3 is 5.69 Å². The van der Waals surface area contributed by atoms with Crippen LogP contribution in [-0.4, -0.2) is 51.5 Å². The number of ether oxygens (including phenoxy) is 2. The summed E-state index contributed by atoms with van der Waals surface area (Å²) in [6.45, 7) is -0.792. The van der Waals surface area contributed by atoms with E-state index in [-0.39, 0.29) is 0 Å². The van der Waals surface area contributed by atoms with E-state index in [9.17, 15) is 19.1 Å². The lowest BCUT2D eigenvalue weighted by atomic mass is 10.1. The van der Waals surface area contributed by atoms with Gasteiger partial charge in [-0.05, 0) is 0 Å². The molecule has 0 saturated carbocycles. The van der Waals surface area contributed by atoms with Crippen LogP contribution in [0, 0.1) is 0 Å². The maximum Gasteiger partial charge on any atom is 0.330 e. The van der Waals surface area contributed by atoms with Crippen LogP contribution in [0.1, 0.15) is 6.23 Å². The fraction of sp³-hybridized carbons (Fsp3) is 0.600. The molecule has 9 heteroatoms. The van der Waals surface area contributed by atoms with Crippen molar-refractivity contribution >= 4 is 0 Å². The van der Waals surface area contributed by atoms with Gasteiger partial charge in [-0.25, -0.2) is 9.18 Å². The molecule has 1 aromatic heterocycles. The van der Waals surface area contributed by atoms with E-state index in [1.54, 1.807) is 0 Å². The Morgan fingerprint density at radius 2 is 2.32 bits per heavy atom. The van der Waals surface area contributed by atoms with Gasteiger partial charge in [0, 0.05) is 19.4 Å². The minimum absolute atomic E-state index is 0.643. The maximum atomic E-state index is 14.0. The number of aromatic amines is 1. The molecule has 2 heterocycles. The molecule has 0 spiro atoms. The topological polar surface area (TPSA) is 114 Å². The van der Waals surface area contributed by atoms with E-state index < -0.39 is 42.1 Å². The average molecular weight is 276 g/mol. The first-order valence-corrected chi connectivity index (χ1v) is 5.42. The van der Waals surface area contributed by atoms with Crippen LogP contribution in [0.15, 0.2) is 21.9 Å². The van der Waals surface area contributed by atoms with Crippen molar-refractivity contribution < 1.29 is 24.1 Å². The highest BCUT2D eigenvalue weighted by atomic mass is 19.1. The van der Waals surface area contributed by atoms with E-state index in [0.29, 0.717) is 0 Å². The fourth-order valence-corrected chi connectivity index (χ4v) is 1.94. The van der Waals surface area contributed by atoms with Crippen LogP contribution in [0.25, 0.3) is 0 Å². The largest absolute Gasteiger partial charge is 0.391 e. The van der Waals surface area contributed by atoms with E-state index in [2.05, 4.69) is 0 Å². The minimum Gasteiger partial charge on any atom is -0.391 e. The molecule has 4 atom stereocenters. The lowest BCUT2D eigenvalue weighted by Crippen LogP contribution is -2.47. The van der Waals surface area contributed by atoms with Crippen LogP contribution >= 0.6 is 0 Å². The molecule has 0 radical (unpaired) electrons. The number of methoxy groups -OCH3 is 1. The Hall–Kier alpha value is -1.55. The van der Waals surface area contributed by atoms with Gasteiger partial charge in [-0.3, -0.25) is 14.3 Å². The zero-order chi connectivity index (χ0) is 14.2. The Morgan fingerprint density at radius 1 is 1.63 bits per heavy atom. The third kappa shape index (κ3) is 2.10. The van der Waals surface area contributed by atoms with Crippen LogP contribution in [0.5, 0.6) is 0 Å². The molecule has 19 heavy (non-hydrogen) atoms. The van der Waals surface area contributed by atoms with Gasteiger partial charge in [0.05, 0.1) is 0 Å². The number of aromatic nitrogens is 2. The summed E-state index contributed by atoms with van der Waals surface area (Å²) in [5, 5.41) is 18.9. The summed E-state index contributed by atoms with van der Waals surface area (Å²) >= 11 is 0. The first-order chi connectivity index (χ1) is 8.95. The number of aliphatic hydroxyl groups is 2. The molecule has 0 aliphatic carbocycles. The highest BCUT2D eigenvalue weighted by Gasteiger charge is 2.56. The lowest BCUT2D eigenvalue weighted by Gasteiger charge is -2.27. The molecular formula is C10H13FN2O6. The molecule has 1 aliphatic rings. The third-order valence-electron chi connectivity index (χ3n) is 3.04. The summed E-state index contributed by atoms with van der Waals surface area (Å²) in [6, 6.07) is 1.01. The van der Waals surface area contributed by atoms with Gasteiger partial charge < -0.3 is 19.7 Å². The van der Waals surface area contributed by atoms with Crippen LogP contribution in [0.4, 0.5) is 4.39 Å². The van der Waals surface area contributed by atoms with Gasteiger partial charge in [0.2, 0.25) is 5.79 Å². The molecule has 0 amide bonds. The normalized spacial score (nSPS) is 34.6. The zero-order valence-corrected chi connectivity index (χ0v) is 9.95. The third-order valence-corrected chi connectivity index (χ3v) is 3.04. The summed E-state index contributed by atoms with van der Waals surface area (Å²) in [5.41, 5.74) is -1.53. The maximum absolute atomic E-state index is 14.0. The summed E-state index contributed by atoms with van der Waals surface area (Å²) in [7, 11) is 1.13. The highest BCUT2D eigenvalue weighted by molar-refractivity contribution is 4.97. The van der Waals surface area contributed by atoms with Crippen LogP contribution in [0.3, 0.4) is 0 Å². The fourth-order valence-electron chi connectivity index (χ4n) is 1.94. The number of nitrogens with one attached hydrogen (secondary N) is 1. The van der Waals surface area contributed by atoms with Gasteiger partial charge in [0.15, 0.2) is 12.4 Å². The van der Waals surface area contributed by atoms with Crippen molar-refractivity contribution in [2.75, 3.05) is 13.7 Å². The number of alkyl halides is 1. The second kappa shape index (κ2) is 4.85. The molecule has 3 N–H and O–H groups in total. The Morgan fingerprint density at radius 3 is 2.79 bits per heavy atom. The Labute approximate surface area is 106 Å². The molecule has 1 unspecified atom stereocenters. The number of H-pyrrole nitrogens is 1. The number of rotatable bonds is 3. The predicted molar refractivity (Wildman–Crippen MR) is 59.2 cm³/mol. The van der Waals surface area contributed by atoms with Crippen molar-refractivity contribution in [2.45, 2.75) is 24.3 Å². The van der Waals surface area contributed by atoms with Gasteiger partial charge in [-0.2, -0.15) is 0 Å². The molecule has 106 valence electrons. The Kier molecular flexibility index (Phi) is 3.54. The Balaban J connectivity index is 2.42. The van der Waals surface area contributed by atoms with Crippen LogP contribution in [0.2, 0.25) is 0 Å². The summed E-state index contributed by atoms with van der Waals surface area (Å²) in [5.74, 6) is -1.94. The first kappa shape index (κ1) is 13.9. The van der Waals surface area contributed by atoms with Gasteiger partial charge in [0.25, 0.3) is 5.56 Å². The summed E-state index contributed by atoms with van der Waals surface area (Å²) in [4.78, 5) is 24.4. The Bertz CT molecular complexity index is 566. The van der Waals surface area contributed by atoms with Crippen molar-refractivity contribution in [2.24, 2.45) is 0 Å². The zero-order valence-electron chi connectivity index (χ0n) is 9.95. The van der Waals surface area contributed by atoms with Crippen molar-refractivity contribution in [3.8, 4) is 0 Å². The molecular weight excluding hydrogens is 263 g/mol. The van der Waals surface area contributed by atoms with E-state index >= 15 is 0 Å². The molecule has 2 rings (SSSR count). The van der Waals surface area contributed by atoms with Crippen LogP contribution in [-0.2, 0) is 9.47 Å². The number of aliphatic hydroxyl groups excluding tert-OH is 2. The lowest BCUT2D eigenvalue weighted by molar-refractivity contribution is -0.269. The monoisotopic (exact) mass is 276 g/mol. The molecule has 1 aromatic rings. The molecule has 8 nitrogen and oxygen atoms in total. The number of nitrogens with zero attached hydrogens (tertiary/aromatic N) is 1. The second-order valence-electron chi connectivity index (χ2n) is 4.09. The molecule has 1 fully saturated rings. The predicted octanol–water partition coefficient (Wildman–Crippen LogP) is -1.90. The van der Waals surface area contributed by atoms with E-state index in [1.807, 2.05) is 4.98 Å². The molecule has 1 saturated heterocycles. The smallest absolute Gasteiger partial charge is 0.330 e. The second-order valence-corrected chi connectivity index (χ2v) is 4.09. The highest BCUT2D eigenvalue weighted by Crippen LogP contribution is 2.38. The van der Waals surface area contributed by atoms with E-state index in [1.165, 1.54) is 0 Å². The van der Waals surface area contributed by atoms with Crippen molar-refractivity contribution in [1.29, 1.82) is 0 Å². The van der Waals surface area contributed by atoms with Crippen LogP contribution < -0.4 is 11.2 Å². The van der Waals surface area contributed by atoms with E-state index in [0.717, 1.165) is 23.9 Å². The SMILES string of the molecule is CO[C@]1(CO)O[C@@H](n2ccc(=O)[nH]c2=O)C(F)[C@@H]1O. The van der Waals surface area contributed by atoms with Crippen molar-refractivity contribution in [3.05, 3.63) is 33.1 Å². The molecule has 0 aromatic carbocycles. The number of halogens is 1. The average Bonchev–Trinajstić information content (AvgIpc) is 2.64. The number of hydrogen-bond acceptors (Lipinski definition) is 6. The minimum atomic E-state index is -2.00. The first-order valence-electron chi connectivity index (χ1n) is 5.42. The number of hydrogen-bond donors (Lipinski definition) is 3. The molecule has 0 bridgehead atoms.